The van der Waals surface area contributed by atoms with Crippen molar-refractivity contribution in [1.29, 1.82) is 0 Å². The molecule has 0 bridgehead atoms. The maximum absolute atomic E-state index is 13.0. The number of amides is 1. The van der Waals surface area contributed by atoms with Gasteiger partial charge in [0.15, 0.2) is 11.6 Å². The first kappa shape index (κ1) is 16.1. The zero-order chi connectivity index (χ0) is 15.9. The summed E-state index contributed by atoms with van der Waals surface area (Å²) in [7, 11) is 0. The van der Waals surface area contributed by atoms with Gasteiger partial charge in [0, 0.05) is 31.3 Å². The highest BCUT2D eigenvalue weighted by Crippen LogP contribution is 2.13. The van der Waals surface area contributed by atoms with Gasteiger partial charge in [-0.1, -0.05) is 29.8 Å². The van der Waals surface area contributed by atoms with Crippen LogP contribution in [0.15, 0.2) is 42.5 Å². The van der Waals surface area contributed by atoms with Crippen LogP contribution in [0.2, 0.25) is 0 Å². The van der Waals surface area contributed by atoms with Crippen molar-refractivity contribution in [2.45, 2.75) is 19.9 Å². The summed E-state index contributed by atoms with van der Waals surface area (Å²) in [6, 6.07) is 11.4. The Morgan fingerprint density at radius 2 is 1.91 bits per heavy atom. The van der Waals surface area contributed by atoms with Crippen molar-refractivity contribution in [3.8, 4) is 0 Å². The molecule has 0 saturated heterocycles. The molecule has 2 N–H and O–H groups in total. The molecule has 3 nitrogen and oxygen atoms in total. The molecule has 2 aromatic carbocycles. The molecule has 0 spiro atoms. The molecule has 0 atom stereocenters. The molecule has 0 aliphatic heterocycles. The molecule has 0 aliphatic carbocycles. The second-order valence-electron chi connectivity index (χ2n) is 5.09. The van der Waals surface area contributed by atoms with Gasteiger partial charge in [-0.15, -0.1) is 0 Å². The van der Waals surface area contributed by atoms with Crippen LogP contribution >= 0.6 is 0 Å². The van der Waals surface area contributed by atoms with Crippen molar-refractivity contribution in [3.63, 3.8) is 0 Å². The Kier molecular flexibility index (Phi) is 5.61. The molecule has 0 unspecified atom stereocenters. The summed E-state index contributed by atoms with van der Waals surface area (Å²) in [5.74, 6) is -2.16. The van der Waals surface area contributed by atoms with Crippen molar-refractivity contribution >= 4 is 11.6 Å². The Bertz CT molecular complexity index is 659. The largest absolute Gasteiger partial charge is 0.326 e. The average Bonchev–Trinajstić information content (AvgIpc) is 2.48. The molecule has 0 aliphatic rings. The first-order valence-electron chi connectivity index (χ1n) is 7.06. The third-order valence-corrected chi connectivity index (χ3v) is 3.14. The maximum Gasteiger partial charge on any atom is 0.225 e. The molecule has 5 heteroatoms. The van der Waals surface area contributed by atoms with Crippen molar-refractivity contribution in [2.75, 3.05) is 11.9 Å². The Morgan fingerprint density at radius 3 is 2.64 bits per heavy atom. The Hall–Kier alpha value is -2.27. The number of carbonyl (C=O) groups excluding carboxylic acids is 1. The predicted molar refractivity (Wildman–Crippen MR) is 82.5 cm³/mol. The van der Waals surface area contributed by atoms with Gasteiger partial charge in [-0.2, -0.15) is 0 Å². The van der Waals surface area contributed by atoms with Gasteiger partial charge in [-0.3, -0.25) is 4.79 Å². The number of carbonyl (C=O) groups is 1. The number of rotatable bonds is 6. The number of hydrogen-bond acceptors (Lipinski definition) is 2. The quantitative estimate of drug-likeness (QED) is 0.803. The Morgan fingerprint density at radius 1 is 1.09 bits per heavy atom. The van der Waals surface area contributed by atoms with Crippen LogP contribution in [-0.4, -0.2) is 12.5 Å². The van der Waals surface area contributed by atoms with E-state index >= 15 is 0 Å². The smallest absolute Gasteiger partial charge is 0.225 e. The summed E-state index contributed by atoms with van der Waals surface area (Å²) in [5.41, 5.74) is 2.60. The van der Waals surface area contributed by atoms with Gasteiger partial charge < -0.3 is 10.6 Å². The molecule has 0 fully saturated rings. The molecule has 2 aromatic rings. The Balaban J connectivity index is 1.72. The molecule has 22 heavy (non-hydrogen) atoms. The minimum atomic E-state index is -0.977. The van der Waals surface area contributed by atoms with Crippen molar-refractivity contribution in [3.05, 3.63) is 65.2 Å². The lowest BCUT2D eigenvalue weighted by Gasteiger charge is -2.07. The number of aryl methyl sites for hydroxylation is 1. The fourth-order valence-corrected chi connectivity index (χ4v) is 2.05. The van der Waals surface area contributed by atoms with Gasteiger partial charge in [0.1, 0.15) is 0 Å². The predicted octanol–water partition coefficient (Wildman–Crippen LogP) is 3.39. The summed E-state index contributed by atoms with van der Waals surface area (Å²) in [6.45, 7) is 3.21. The lowest BCUT2D eigenvalue weighted by molar-refractivity contribution is -0.116. The molecular weight excluding hydrogens is 286 g/mol. The van der Waals surface area contributed by atoms with E-state index in [0.717, 1.165) is 17.7 Å². The average molecular weight is 304 g/mol. The minimum absolute atomic E-state index is 0.247. The second-order valence-corrected chi connectivity index (χ2v) is 5.09. The lowest BCUT2D eigenvalue weighted by atomic mass is 10.1. The minimum Gasteiger partial charge on any atom is -0.326 e. The van der Waals surface area contributed by atoms with Crippen molar-refractivity contribution in [2.24, 2.45) is 0 Å². The number of hydrogen-bond donors (Lipinski definition) is 2. The SMILES string of the molecule is Cc1cccc(CNCCC(=O)Nc2ccc(F)c(F)c2)c1. The van der Waals surface area contributed by atoms with Crippen LogP contribution < -0.4 is 10.6 Å². The fourth-order valence-electron chi connectivity index (χ4n) is 2.05. The Labute approximate surface area is 128 Å². The number of benzene rings is 2. The van der Waals surface area contributed by atoms with Crippen LogP contribution in [0.25, 0.3) is 0 Å². The van der Waals surface area contributed by atoms with Crippen molar-refractivity contribution < 1.29 is 13.6 Å². The van der Waals surface area contributed by atoms with Crippen LogP contribution in [0.1, 0.15) is 17.5 Å². The van der Waals surface area contributed by atoms with E-state index in [4.69, 9.17) is 0 Å². The number of halogens is 2. The summed E-state index contributed by atoms with van der Waals surface area (Å²) in [4.78, 5) is 11.7. The van der Waals surface area contributed by atoms with Gasteiger partial charge >= 0.3 is 0 Å². The zero-order valence-electron chi connectivity index (χ0n) is 12.3. The van der Waals surface area contributed by atoms with E-state index in [-0.39, 0.29) is 18.0 Å². The van der Waals surface area contributed by atoms with Crippen LogP contribution in [0, 0.1) is 18.6 Å². The van der Waals surface area contributed by atoms with E-state index < -0.39 is 11.6 Å². The standard InChI is InChI=1S/C17H18F2N2O/c1-12-3-2-4-13(9-12)11-20-8-7-17(22)21-14-5-6-15(18)16(19)10-14/h2-6,9-10,20H,7-8,11H2,1H3,(H,21,22). The molecule has 0 heterocycles. The molecule has 0 saturated carbocycles. The van der Waals surface area contributed by atoms with Crippen LogP contribution in [-0.2, 0) is 11.3 Å². The molecule has 0 aromatic heterocycles. The van der Waals surface area contributed by atoms with E-state index in [9.17, 15) is 13.6 Å². The van der Waals surface area contributed by atoms with E-state index in [0.29, 0.717) is 13.1 Å². The molecular formula is C17H18F2N2O. The topological polar surface area (TPSA) is 41.1 Å². The molecule has 0 radical (unpaired) electrons. The third-order valence-electron chi connectivity index (χ3n) is 3.14. The number of nitrogens with one attached hydrogen (secondary N) is 2. The summed E-state index contributed by atoms with van der Waals surface area (Å²) in [6.07, 6.45) is 0.255. The normalized spacial score (nSPS) is 10.5. The van der Waals surface area contributed by atoms with E-state index in [1.165, 1.54) is 11.6 Å². The first-order valence-corrected chi connectivity index (χ1v) is 7.06. The lowest BCUT2D eigenvalue weighted by Crippen LogP contribution is -2.21. The summed E-state index contributed by atoms with van der Waals surface area (Å²) in [5, 5.41) is 5.70. The van der Waals surface area contributed by atoms with Gasteiger partial charge in [-0.05, 0) is 24.6 Å². The molecule has 116 valence electrons. The fraction of sp³-hybridized carbons (Fsp3) is 0.235. The van der Waals surface area contributed by atoms with Gasteiger partial charge in [-0.25, -0.2) is 8.78 Å². The maximum atomic E-state index is 13.0. The third kappa shape index (κ3) is 4.93. The van der Waals surface area contributed by atoms with Gasteiger partial charge in [0.2, 0.25) is 5.91 Å². The zero-order valence-corrected chi connectivity index (χ0v) is 12.3. The van der Waals surface area contributed by atoms with Crippen LogP contribution in [0.5, 0.6) is 0 Å². The summed E-state index contributed by atoms with van der Waals surface area (Å²) >= 11 is 0. The highest BCUT2D eigenvalue weighted by atomic mass is 19.2. The first-order chi connectivity index (χ1) is 10.5. The van der Waals surface area contributed by atoms with E-state index in [1.54, 1.807) is 0 Å². The van der Waals surface area contributed by atoms with E-state index in [2.05, 4.69) is 16.7 Å². The van der Waals surface area contributed by atoms with Crippen LogP contribution in [0.3, 0.4) is 0 Å². The highest BCUT2D eigenvalue weighted by molar-refractivity contribution is 5.90. The van der Waals surface area contributed by atoms with E-state index in [1.807, 2.05) is 25.1 Å². The van der Waals surface area contributed by atoms with Gasteiger partial charge in [0.25, 0.3) is 0 Å². The second kappa shape index (κ2) is 7.66. The molecule has 2 rings (SSSR count). The molecule has 1 amide bonds. The van der Waals surface area contributed by atoms with Crippen molar-refractivity contribution in [1.82, 2.24) is 5.32 Å². The monoisotopic (exact) mass is 304 g/mol. The van der Waals surface area contributed by atoms with Gasteiger partial charge in [0.05, 0.1) is 0 Å². The summed E-state index contributed by atoms with van der Waals surface area (Å²) < 4.78 is 25.8. The highest BCUT2D eigenvalue weighted by Gasteiger charge is 2.06. The number of anilines is 1. The van der Waals surface area contributed by atoms with Crippen LogP contribution in [0.4, 0.5) is 14.5 Å².